The number of carbonyl (C=O) groups is 2. The summed E-state index contributed by atoms with van der Waals surface area (Å²) in [5.74, 6) is 0.455. The fraction of sp³-hybridized carbons (Fsp3) is 0.190. The number of likely N-dealkylation sites (N-methyl/N-ethyl adjacent to an activating group) is 1. The van der Waals surface area contributed by atoms with E-state index in [1.807, 2.05) is 13.0 Å². The van der Waals surface area contributed by atoms with Gasteiger partial charge in [-0.05, 0) is 65.4 Å². The van der Waals surface area contributed by atoms with Crippen LogP contribution >= 0.6 is 58.2 Å². The first kappa shape index (κ1) is 23.8. The van der Waals surface area contributed by atoms with Gasteiger partial charge >= 0.3 is 0 Å². The van der Waals surface area contributed by atoms with Crippen molar-refractivity contribution >= 4 is 86.1 Å². The third-order valence-corrected chi connectivity index (χ3v) is 6.73. The van der Waals surface area contributed by atoms with Crippen LogP contribution in [-0.2, 0) is 9.59 Å². The number of hydrogen-bond acceptors (Lipinski definition) is 6. The Morgan fingerprint density at radius 3 is 2.71 bits per heavy atom. The van der Waals surface area contributed by atoms with Gasteiger partial charge in [0.05, 0.1) is 25.8 Å². The zero-order valence-corrected chi connectivity index (χ0v) is 21.2. The van der Waals surface area contributed by atoms with E-state index < -0.39 is 0 Å². The van der Waals surface area contributed by atoms with Gasteiger partial charge in [-0.25, -0.2) is 0 Å². The van der Waals surface area contributed by atoms with Crippen LogP contribution in [0.25, 0.3) is 6.08 Å². The van der Waals surface area contributed by atoms with Gasteiger partial charge in [-0.3, -0.25) is 14.5 Å². The molecule has 2 aromatic rings. The number of carbonyl (C=O) groups excluding carboxylic acids is 2. The maximum absolute atomic E-state index is 12.3. The largest absolute Gasteiger partial charge is 0.490 e. The van der Waals surface area contributed by atoms with Gasteiger partial charge in [0, 0.05) is 7.05 Å². The van der Waals surface area contributed by atoms with E-state index in [1.54, 1.807) is 43.5 Å². The molecule has 1 saturated heterocycles. The molecule has 162 valence electrons. The summed E-state index contributed by atoms with van der Waals surface area (Å²) in [6.45, 7) is 2.06. The van der Waals surface area contributed by atoms with Gasteiger partial charge in [0.15, 0.2) is 18.1 Å². The molecule has 10 heteroatoms. The second-order valence-electron chi connectivity index (χ2n) is 6.32. The van der Waals surface area contributed by atoms with E-state index in [0.717, 1.165) is 9.13 Å². The second kappa shape index (κ2) is 10.7. The standard InChI is InChI=1S/C21H18ClIN2O4S2/c1-3-28-16-9-12(10-17-20(27)25(2)21(30)31-17)8-14(23)19(16)29-11-18(26)24-15-7-5-4-6-13(15)22/h4-10H,3,11H2,1-2H3,(H,24,26)/b17-10-. The summed E-state index contributed by atoms with van der Waals surface area (Å²) in [5, 5.41) is 3.16. The van der Waals surface area contributed by atoms with Gasteiger partial charge in [0.2, 0.25) is 0 Å². The summed E-state index contributed by atoms with van der Waals surface area (Å²) >= 11 is 14.6. The van der Waals surface area contributed by atoms with Gasteiger partial charge in [-0.1, -0.05) is 47.7 Å². The van der Waals surface area contributed by atoms with E-state index in [-0.39, 0.29) is 18.4 Å². The molecule has 6 nitrogen and oxygen atoms in total. The minimum atomic E-state index is -0.345. The molecule has 1 aliphatic heterocycles. The number of ether oxygens (including phenoxy) is 2. The molecular formula is C21H18ClIN2O4S2. The van der Waals surface area contributed by atoms with Crippen molar-refractivity contribution in [2.75, 3.05) is 25.6 Å². The second-order valence-corrected chi connectivity index (χ2v) is 9.57. The van der Waals surface area contributed by atoms with Crippen molar-refractivity contribution in [3.8, 4) is 11.5 Å². The topological polar surface area (TPSA) is 67.9 Å². The van der Waals surface area contributed by atoms with Crippen LogP contribution in [0.2, 0.25) is 5.02 Å². The summed E-state index contributed by atoms with van der Waals surface area (Å²) in [4.78, 5) is 26.6. The number of rotatable bonds is 7. The third-order valence-electron chi connectivity index (χ3n) is 4.11. The fourth-order valence-corrected chi connectivity index (χ4v) is 4.80. The number of halogens is 2. The SMILES string of the molecule is CCOc1cc(/C=C2\SC(=S)N(C)C2=O)cc(I)c1OCC(=O)Nc1ccccc1Cl. The lowest BCUT2D eigenvalue weighted by Crippen LogP contribution is -2.22. The van der Waals surface area contributed by atoms with E-state index >= 15 is 0 Å². The number of thioether (sulfide) groups is 1. The predicted molar refractivity (Wildman–Crippen MR) is 137 cm³/mol. The monoisotopic (exact) mass is 588 g/mol. The summed E-state index contributed by atoms with van der Waals surface area (Å²) in [6, 6.07) is 10.6. The van der Waals surface area contributed by atoms with E-state index in [4.69, 9.17) is 33.3 Å². The molecule has 3 rings (SSSR count). The van der Waals surface area contributed by atoms with Crippen LogP contribution in [0.4, 0.5) is 5.69 Å². The molecule has 0 aromatic heterocycles. The minimum Gasteiger partial charge on any atom is -0.490 e. The number of hydrogen-bond donors (Lipinski definition) is 1. The highest BCUT2D eigenvalue weighted by Gasteiger charge is 2.28. The van der Waals surface area contributed by atoms with Crippen molar-refractivity contribution in [1.82, 2.24) is 4.90 Å². The van der Waals surface area contributed by atoms with Crippen LogP contribution in [0.15, 0.2) is 41.3 Å². The lowest BCUT2D eigenvalue weighted by Gasteiger charge is -2.15. The first-order valence-electron chi connectivity index (χ1n) is 9.15. The Morgan fingerprint density at radius 1 is 1.32 bits per heavy atom. The van der Waals surface area contributed by atoms with Crippen molar-refractivity contribution < 1.29 is 19.1 Å². The summed E-state index contributed by atoms with van der Waals surface area (Å²) in [7, 11) is 1.65. The molecule has 1 fully saturated rings. The molecule has 1 heterocycles. The van der Waals surface area contributed by atoms with Crippen LogP contribution in [0.3, 0.4) is 0 Å². The van der Waals surface area contributed by atoms with Crippen LogP contribution < -0.4 is 14.8 Å². The molecule has 1 aliphatic rings. The first-order chi connectivity index (χ1) is 14.8. The fourth-order valence-electron chi connectivity index (χ4n) is 2.66. The van der Waals surface area contributed by atoms with Gasteiger partial charge in [-0.2, -0.15) is 0 Å². The molecule has 0 saturated carbocycles. The average molecular weight is 589 g/mol. The number of nitrogens with zero attached hydrogens (tertiary/aromatic N) is 1. The van der Waals surface area contributed by atoms with Gasteiger partial charge < -0.3 is 14.8 Å². The van der Waals surface area contributed by atoms with Gasteiger partial charge in [0.1, 0.15) is 4.32 Å². The Morgan fingerprint density at radius 2 is 2.06 bits per heavy atom. The molecule has 1 N–H and O–H groups in total. The molecule has 2 amide bonds. The Bertz CT molecular complexity index is 1080. The number of para-hydroxylation sites is 1. The lowest BCUT2D eigenvalue weighted by molar-refractivity contribution is -0.121. The zero-order valence-electron chi connectivity index (χ0n) is 16.6. The maximum Gasteiger partial charge on any atom is 0.265 e. The Labute approximate surface area is 208 Å². The smallest absolute Gasteiger partial charge is 0.265 e. The van der Waals surface area contributed by atoms with Crippen LogP contribution in [0.5, 0.6) is 11.5 Å². The summed E-state index contributed by atoms with van der Waals surface area (Å²) in [5.41, 5.74) is 1.29. The first-order valence-corrected chi connectivity index (χ1v) is 11.8. The summed E-state index contributed by atoms with van der Waals surface area (Å²) in [6.07, 6.45) is 1.77. The highest BCUT2D eigenvalue weighted by atomic mass is 127. The zero-order chi connectivity index (χ0) is 22.5. The number of anilines is 1. The molecule has 0 atom stereocenters. The van der Waals surface area contributed by atoms with Crippen molar-refractivity contribution in [1.29, 1.82) is 0 Å². The van der Waals surface area contributed by atoms with E-state index in [9.17, 15) is 9.59 Å². The molecule has 0 bridgehead atoms. The normalized spacial score (nSPS) is 14.8. The van der Waals surface area contributed by atoms with Crippen LogP contribution in [-0.4, -0.2) is 41.3 Å². The van der Waals surface area contributed by atoms with E-state index in [2.05, 4.69) is 27.9 Å². The van der Waals surface area contributed by atoms with Crippen LogP contribution in [0.1, 0.15) is 12.5 Å². The van der Waals surface area contributed by atoms with Crippen molar-refractivity contribution in [3.05, 3.63) is 55.5 Å². The quantitative estimate of drug-likeness (QED) is 0.273. The summed E-state index contributed by atoms with van der Waals surface area (Å²) < 4.78 is 12.7. The molecular weight excluding hydrogens is 571 g/mol. The Hall–Kier alpha value is -1.82. The lowest BCUT2D eigenvalue weighted by atomic mass is 10.2. The molecule has 0 aliphatic carbocycles. The van der Waals surface area contributed by atoms with Crippen LogP contribution in [0, 0.1) is 3.57 Å². The number of amides is 2. The average Bonchev–Trinajstić information content (AvgIpc) is 2.96. The minimum absolute atomic E-state index is 0.139. The molecule has 0 radical (unpaired) electrons. The highest BCUT2D eigenvalue weighted by Crippen LogP contribution is 2.37. The van der Waals surface area contributed by atoms with Crippen molar-refractivity contribution in [3.63, 3.8) is 0 Å². The number of benzene rings is 2. The Balaban J connectivity index is 1.78. The number of thiocarbonyl (C=S) groups is 1. The molecule has 31 heavy (non-hydrogen) atoms. The van der Waals surface area contributed by atoms with Crippen molar-refractivity contribution in [2.24, 2.45) is 0 Å². The third kappa shape index (κ3) is 5.91. The molecule has 0 unspecified atom stereocenters. The highest BCUT2D eigenvalue weighted by molar-refractivity contribution is 14.1. The van der Waals surface area contributed by atoms with Crippen molar-refractivity contribution in [2.45, 2.75) is 6.92 Å². The number of nitrogens with one attached hydrogen (secondary N) is 1. The van der Waals surface area contributed by atoms with Gasteiger partial charge in [0.25, 0.3) is 11.8 Å². The molecule has 0 spiro atoms. The maximum atomic E-state index is 12.3. The van der Waals surface area contributed by atoms with E-state index in [1.165, 1.54) is 16.7 Å². The van der Waals surface area contributed by atoms with Gasteiger partial charge in [-0.15, -0.1) is 0 Å². The Kier molecular flexibility index (Phi) is 8.20. The van der Waals surface area contributed by atoms with E-state index in [0.29, 0.717) is 38.0 Å². The molecule has 2 aromatic carbocycles. The predicted octanol–water partition coefficient (Wildman–Crippen LogP) is 5.19.